The van der Waals surface area contributed by atoms with Crippen molar-refractivity contribution >= 4 is 0 Å². The first-order valence-electron chi connectivity index (χ1n) is 6.30. The number of methoxy groups -OCH3 is 1. The van der Waals surface area contributed by atoms with Crippen LogP contribution in [0.25, 0.3) is 0 Å². The third-order valence-electron chi connectivity index (χ3n) is 4.08. The second kappa shape index (κ2) is 5.28. The Bertz CT molecular complexity index is 192. The van der Waals surface area contributed by atoms with E-state index in [1.807, 2.05) is 7.11 Å². The summed E-state index contributed by atoms with van der Waals surface area (Å²) >= 11 is 0. The van der Waals surface area contributed by atoms with Gasteiger partial charge in [0.1, 0.15) is 0 Å². The summed E-state index contributed by atoms with van der Waals surface area (Å²) < 4.78 is 5.74. The van der Waals surface area contributed by atoms with Crippen molar-refractivity contribution in [3.05, 3.63) is 0 Å². The molecule has 0 aromatic carbocycles. The normalized spacial score (nSPS) is 39.2. The highest BCUT2D eigenvalue weighted by Crippen LogP contribution is 2.27. The summed E-state index contributed by atoms with van der Waals surface area (Å²) in [5.74, 6) is 1.47. The van der Waals surface area contributed by atoms with Crippen molar-refractivity contribution in [3.8, 4) is 0 Å². The van der Waals surface area contributed by atoms with E-state index >= 15 is 0 Å². The molecule has 2 heterocycles. The molecule has 0 aromatic heterocycles. The molecule has 3 nitrogen and oxygen atoms in total. The summed E-state index contributed by atoms with van der Waals surface area (Å²) in [5, 5.41) is 7.07. The number of ether oxygens (including phenoxy) is 1. The van der Waals surface area contributed by atoms with E-state index in [2.05, 4.69) is 17.6 Å². The van der Waals surface area contributed by atoms with Crippen molar-refractivity contribution in [1.29, 1.82) is 0 Å². The van der Waals surface area contributed by atoms with Crippen LogP contribution in [0.3, 0.4) is 0 Å². The van der Waals surface area contributed by atoms with Crippen LogP contribution in [0.4, 0.5) is 0 Å². The van der Waals surface area contributed by atoms with Crippen LogP contribution < -0.4 is 10.6 Å². The number of piperidine rings is 1. The van der Waals surface area contributed by atoms with Gasteiger partial charge >= 0.3 is 0 Å². The zero-order valence-corrected chi connectivity index (χ0v) is 9.96. The van der Waals surface area contributed by atoms with Gasteiger partial charge in [-0.2, -0.15) is 0 Å². The highest BCUT2D eigenvalue weighted by atomic mass is 16.5. The fourth-order valence-corrected chi connectivity index (χ4v) is 3.08. The maximum absolute atomic E-state index is 5.74. The average molecular weight is 212 g/mol. The first-order chi connectivity index (χ1) is 7.33. The lowest BCUT2D eigenvalue weighted by Crippen LogP contribution is -2.49. The monoisotopic (exact) mass is 212 g/mol. The maximum atomic E-state index is 5.74. The molecule has 2 rings (SSSR count). The van der Waals surface area contributed by atoms with Gasteiger partial charge in [-0.05, 0) is 38.3 Å². The van der Waals surface area contributed by atoms with E-state index in [4.69, 9.17) is 4.74 Å². The Hall–Kier alpha value is -0.120. The van der Waals surface area contributed by atoms with Gasteiger partial charge in [-0.3, -0.25) is 0 Å². The molecule has 0 saturated carbocycles. The van der Waals surface area contributed by atoms with Crippen LogP contribution in [0.15, 0.2) is 0 Å². The standard InChI is InChI=1S/C12H24N2O/c1-9-5-7-13-8-10(9)12(15-2)11-4-3-6-14-11/h9-14H,3-8H2,1-2H3. The average Bonchev–Trinajstić information content (AvgIpc) is 2.75. The molecule has 2 fully saturated rings. The van der Waals surface area contributed by atoms with Crippen LogP contribution in [0.2, 0.25) is 0 Å². The van der Waals surface area contributed by atoms with E-state index in [0.717, 1.165) is 12.5 Å². The molecule has 4 unspecified atom stereocenters. The first kappa shape index (κ1) is 11.4. The number of hydrogen-bond donors (Lipinski definition) is 2. The second-order valence-electron chi connectivity index (χ2n) is 5.04. The molecule has 0 bridgehead atoms. The molecule has 2 aliphatic rings. The molecule has 0 spiro atoms. The zero-order valence-electron chi connectivity index (χ0n) is 9.96. The summed E-state index contributed by atoms with van der Waals surface area (Å²) in [4.78, 5) is 0. The molecule has 0 aromatic rings. The second-order valence-corrected chi connectivity index (χ2v) is 5.04. The van der Waals surface area contributed by atoms with Crippen LogP contribution >= 0.6 is 0 Å². The summed E-state index contributed by atoms with van der Waals surface area (Å²) in [6.07, 6.45) is 4.27. The zero-order chi connectivity index (χ0) is 10.7. The fourth-order valence-electron chi connectivity index (χ4n) is 3.08. The third kappa shape index (κ3) is 2.52. The van der Waals surface area contributed by atoms with Crippen LogP contribution in [0.1, 0.15) is 26.2 Å². The fraction of sp³-hybridized carbons (Fsp3) is 1.00. The Morgan fingerprint density at radius 3 is 2.73 bits per heavy atom. The lowest BCUT2D eigenvalue weighted by molar-refractivity contribution is -0.00148. The van der Waals surface area contributed by atoms with Gasteiger partial charge < -0.3 is 15.4 Å². The highest BCUT2D eigenvalue weighted by molar-refractivity contribution is 4.91. The highest BCUT2D eigenvalue weighted by Gasteiger charge is 2.35. The SMILES string of the molecule is COC(C1CCCN1)C1CNCCC1C. The molecule has 0 radical (unpaired) electrons. The van der Waals surface area contributed by atoms with Gasteiger partial charge in [0.15, 0.2) is 0 Å². The maximum Gasteiger partial charge on any atom is 0.0766 e. The van der Waals surface area contributed by atoms with Gasteiger partial charge in [0.25, 0.3) is 0 Å². The van der Waals surface area contributed by atoms with Gasteiger partial charge in [-0.15, -0.1) is 0 Å². The Kier molecular flexibility index (Phi) is 4.00. The Labute approximate surface area is 93.0 Å². The predicted octanol–water partition coefficient (Wildman–Crippen LogP) is 0.999. The van der Waals surface area contributed by atoms with Crippen LogP contribution in [0.5, 0.6) is 0 Å². The summed E-state index contributed by atoms with van der Waals surface area (Å²) in [6.45, 7) is 5.83. The van der Waals surface area contributed by atoms with Crippen LogP contribution in [-0.2, 0) is 4.74 Å². The van der Waals surface area contributed by atoms with E-state index in [1.165, 1.54) is 32.4 Å². The van der Waals surface area contributed by atoms with Gasteiger partial charge in [-0.25, -0.2) is 0 Å². The first-order valence-corrected chi connectivity index (χ1v) is 6.30. The number of hydrogen-bond acceptors (Lipinski definition) is 3. The number of rotatable bonds is 3. The molecule has 2 saturated heterocycles. The van der Waals surface area contributed by atoms with E-state index < -0.39 is 0 Å². The van der Waals surface area contributed by atoms with Crippen molar-refractivity contribution < 1.29 is 4.74 Å². The molecule has 0 aliphatic carbocycles. The number of nitrogens with one attached hydrogen (secondary N) is 2. The van der Waals surface area contributed by atoms with Crippen molar-refractivity contribution in [2.75, 3.05) is 26.7 Å². The largest absolute Gasteiger partial charge is 0.379 e. The smallest absolute Gasteiger partial charge is 0.0766 e. The quantitative estimate of drug-likeness (QED) is 0.732. The molecule has 15 heavy (non-hydrogen) atoms. The third-order valence-corrected chi connectivity index (χ3v) is 4.08. The van der Waals surface area contributed by atoms with E-state index in [1.54, 1.807) is 0 Å². The van der Waals surface area contributed by atoms with E-state index in [9.17, 15) is 0 Å². The molecule has 2 N–H and O–H groups in total. The minimum Gasteiger partial charge on any atom is -0.379 e. The van der Waals surface area contributed by atoms with Crippen molar-refractivity contribution in [3.63, 3.8) is 0 Å². The molecule has 4 atom stereocenters. The Balaban J connectivity index is 1.97. The Morgan fingerprint density at radius 2 is 2.13 bits per heavy atom. The predicted molar refractivity (Wildman–Crippen MR) is 62.0 cm³/mol. The Morgan fingerprint density at radius 1 is 1.27 bits per heavy atom. The van der Waals surface area contributed by atoms with Crippen molar-refractivity contribution in [2.45, 2.75) is 38.3 Å². The summed E-state index contributed by atoms with van der Waals surface area (Å²) in [7, 11) is 1.87. The van der Waals surface area contributed by atoms with Gasteiger partial charge in [0.05, 0.1) is 6.10 Å². The molecule has 0 amide bonds. The summed E-state index contributed by atoms with van der Waals surface area (Å²) in [6, 6.07) is 0.586. The lowest BCUT2D eigenvalue weighted by Gasteiger charge is -2.37. The molecule has 2 aliphatic heterocycles. The summed E-state index contributed by atoms with van der Waals surface area (Å²) in [5.41, 5.74) is 0. The van der Waals surface area contributed by atoms with Gasteiger partial charge in [0, 0.05) is 25.6 Å². The lowest BCUT2D eigenvalue weighted by atomic mass is 9.81. The van der Waals surface area contributed by atoms with Crippen LogP contribution in [-0.4, -0.2) is 38.9 Å². The van der Waals surface area contributed by atoms with Crippen LogP contribution in [0, 0.1) is 11.8 Å². The minimum absolute atomic E-state index is 0.398. The van der Waals surface area contributed by atoms with Gasteiger partial charge in [0.2, 0.25) is 0 Å². The van der Waals surface area contributed by atoms with Crippen molar-refractivity contribution in [2.24, 2.45) is 11.8 Å². The van der Waals surface area contributed by atoms with Crippen molar-refractivity contribution in [1.82, 2.24) is 10.6 Å². The molecular formula is C12H24N2O. The van der Waals surface area contributed by atoms with E-state index in [0.29, 0.717) is 18.1 Å². The van der Waals surface area contributed by atoms with E-state index in [-0.39, 0.29) is 0 Å². The topological polar surface area (TPSA) is 33.3 Å². The molecular weight excluding hydrogens is 188 g/mol. The van der Waals surface area contributed by atoms with Gasteiger partial charge in [-0.1, -0.05) is 6.92 Å². The molecule has 88 valence electrons. The molecule has 3 heteroatoms. The minimum atomic E-state index is 0.398.